The van der Waals surface area contributed by atoms with Crippen LogP contribution in [0.2, 0.25) is 0 Å². The van der Waals surface area contributed by atoms with Crippen LogP contribution in [0.4, 0.5) is 0 Å². The molecule has 0 aliphatic heterocycles. The molecule has 20 heavy (non-hydrogen) atoms. The van der Waals surface area contributed by atoms with Crippen LogP contribution in [-0.2, 0) is 4.79 Å². The number of carbonyl (C=O) groups excluding carboxylic acids is 1. The van der Waals surface area contributed by atoms with Gasteiger partial charge < -0.3 is 10.2 Å². The van der Waals surface area contributed by atoms with Gasteiger partial charge in [0.1, 0.15) is 11.5 Å². The molecule has 0 saturated heterocycles. The summed E-state index contributed by atoms with van der Waals surface area (Å²) in [6.45, 7) is 3.46. The molecule has 0 amide bonds. The third kappa shape index (κ3) is 3.14. The average molecular weight is 266 g/mol. The highest BCUT2D eigenvalue weighted by atomic mass is 16.3. The second-order valence-corrected chi connectivity index (χ2v) is 4.26. The van der Waals surface area contributed by atoms with E-state index in [1.807, 2.05) is 0 Å². The topological polar surface area (TPSA) is 57.5 Å². The summed E-state index contributed by atoms with van der Waals surface area (Å²) in [5, 5.41) is 18.7. The Morgan fingerprint density at radius 3 is 1.60 bits per heavy atom. The molecule has 100 valence electrons. The zero-order valence-corrected chi connectivity index (χ0v) is 10.8. The number of aromatic hydroxyl groups is 2. The Morgan fingerprint density at radius 2 is 1.25 bits per heavy atom. The van der Waals surface area contributed by atoms with Gasteiger partial charge in [0.05, 0.1) is 0 Å². The summed E-state index contributed by atoms with van der Waals surface area (Å²) >= 11 is 0. The first-order chi connectivity index (χ1) is 9.60. The second-order valence-electron chi connectivity index (χ2n) is 4.26. The number of hydrogen-bond acceptors (Lipinski definition) is 3. The SMILES string of the molecule is C=CC(=O)C=C(c1ccc(O)cc1)c1ccc(O)cc1. The molecule has 0 saturated carbocycles. The number of rotatable bonds is 4. The molecule has 0 fully saturated rings. The molecule has 2 aromatic carbocycles. The number of hydrogen-bond donors (Lipinski definition) is 2. The summed E-state index contributed by atoms with van der Waals surface area (Å²) in [6.07, 6.45) is 2.71. The molecule has 2 N–H and O–H groups in total. The molecule has 0 aromatic heterocycles. The number of carbonyl (C=O) groups is 1. The Balaban J connectivity index is 2.52. The van der Waals surface area contributed by atoms with E-state index in [0.717, 1.165) is 11.1 Å². The molecule has 0 aliphatic carbocycles. The van der Waals surface area contributed by atoms with Crippen LogP contribution < -0.4 is 0 Å². The van der Waals surface area contributed by atoms with Crippen molar-refractivity contribution in [3.63, 3.8) is 0 Å². The van der Waals surface area contributed by atoms with E-state index in [0.29, 0.717) is 5.57 Å². The first-order valence-electron chi connectivity index (χ1n) is 6.07. The standard InChI is InChI=1S/C17H14O3/c1-2-14(18)11-17(12-3-7-15(19)8-4-12)13-5-9-16(20)10-6-13/h2-11,19-20H,1H2. The number of benzene rings is 2. The van der Waals surface area contributed by atoms with Gasteiger partial charge in [-0.15, -0.1) is 0 Å². The van der Waals surface area contributed by atoms with E-state index in [2.05, 4.69) is 6.58 Å². The fourth-order valence-corrected chi connectivity index (χ4v) is 1.82. The van der Waals surface area contributed by atoms with Crippen molar-refractivity contribution in [2.24, 2.45) is 0 Å². The van der Waals surface area contributed by atoms with Gasteiger partial charge in [-0.05, 0) is 53.1 Å². The van der Waals surface area contributed by atoms with Crippen molar-refractivity contribution in [2.75, 3.05) is 0 Å². The van der Waals surface area contributed by atoms with E-state index in [9.17, 15) is 15.0 Å². The number of allylic oxidation sites excluding steroid dienone is 2. The Bertz CT molecular complexity index is 602. The van der Waals surface area contributed by atoms with E-state index in [-0.39, 0.29) is 17.3 Å². The lowest BCUT2D eigenvalue weighted by atomic mass is 9.96. The molecule has 0 atom stereocenters. The van der Waals surface area contributed by atoms with Crippen LogP contribution in [0.25, 0.3) is 5.57 Å². The van der Waals surface area contributed by atoms with Crippen LogP contribution in [-0.4, -0.2) is 16.0 Å². The largest absolute Gasteiger partial charge is 0.508 e. The highest BCUT2D eigenvalue weighted by Gasteiger charge is 2.07. The van der Waals surface area contributed by atoms with Crippen molar-refractivity contribution >= 4 is 11.4 Å². The van der Waals surface area contributed by atoms with Crippen LogP contribution in [0.5, 0.6) is 11.5 Å². The predicted octanol–water partition coefficient (Wildman–Crippen LogP) is 3.28. The predicted molar refractivity (Wildman–Crippen MR) is 78.5 cm³/mol. The molecule has 2 rings (SSSR count). The maximum atomic E-state index is 11.6. The summed E-state index contributed by atoms with van der Waals surface area (Å²) in [5.41, 5.74) is 2.29. The van der Waals surface area contributed by atoms with Crippen molar-refractivity contribution in [1.29, 1.82) is 0 Å². The van der Waals surface area contributed by atoms with Crippen molar-refractivity contribution in [2.45, 2.75) is 0 Å². The first-order valence-corrected chi connectivity index (χ1v) is 6.07. The fraction of sp³-hybridized carbons (Fsp3) is 0. The van der Waals surface area contributed by atoms with Crippen molar-refractivity contribution < 1.29 is 15.0 Å². The van der Waals surface area contributed by atoms with Crippen molar-refractivity contribution in [3.8, 4) is 11.5 Å². The van der Waals surface area contributed by atoms with Crippen molar-refractivity contribution in [3.05, 3.63) is 78.4 Å². The summed E-state index contributed by atoms with van der Waals surface area (Å²) in [4.78, 5) is 11.6. The average Bonchev–Trinajstić information content (AvgIpc) is 2.46. The van der Waals surface area contributed by atoms with Crippen LogP contribution in [0.15, 0.2) is 67.3 Å². The van der Waals surface area contributed by atoms with Gasteiger partial charge in [0.25, 0.3) is 0 Å². The molecule has 3 heteroatoms. The lowest BCUT2D eigenvalue weighted by Gasteiger charge is -2.08. The normalized spacial score (nSPS) is 9.80. The summed E-state index contributed by atoms with van der Waals surface area (Å²) in [7, 11) is 0. The molecule has 2 aromatic rings. The van der Waals surface area contributed by atoms with E-state index >= 15 is 0 Å². The van der Waals surface area contributed by atoms with Gasteiger partial charge in [-0.3, -0.25) is 4.79 Å². The maximum Gasteiger partial charge on any atom is 0.178 e. The monoisotopic (exact) mass is 266 g/mol. The third-order valence-corrected chi connectivity index (χ3v) is 2.84. The maximum absolute atomic E-state index is 11.6. The molecule has 0 radical (unpaired) electrons. The van der Waals surface area contributed by atoms with Crippen LogP contribution in [0.3, 0.4) is 0 Å². The van der Waals surface area contributed by atoms with Gasteiger partial charge in [0.15, 0.2) is 5.78 Å². The molecule has 0 unspecified atom stereocenters. The lowest BCUT2D eigenvalue weighted by Crippen LogP contribution is -1.93. The van der Waals surface area contributed by atoms with Gasteiger partial charge in [-0.2, -0.15) is 0 Å². The highest BCUT2D eigenvalue weighted by molar-refractivity contribution is 6.06. The van der Waals surface area contributed by atoms with Gasteiger partial charge in [0, 0.05) is 0 Å². The summed E-state index contributed by atoms with van der Waals surface area (Å²) in [5.74, 6) is 0.115. The van der Waals surface area contributed by atoms with E-state index in [4.69, 9.17) is 0 Å². The summed E-state index contributed by atoms with van der Waals surface area (Å²) < 4.78 is 0. The van der Waals surface area contributed by atoms with Crippen LogP contribution in [0.1, 0.15) is 11.1 Å². The molecule has 0 spiro atoms. The molecular weight excluding hydrogens is 252 g/mol. The summed E-state index contributed by atoms with van der Waals surface area (Å²) in [6, 6.07) is 13.1. The molecular formula is C17H14O3. The first kappa shape index (κ1) is 13.6. The van der Waals surface area contributed by atoms with Crippen LogP contribution >= 0.6 is 0 Å². The van der Waals surface area contributed by atoms with Gasteiger partial charge in [-0.1, -0.05) is 30.8 Å². The second kappa shape index (κ2) is 5.89. The minimum Gasteiger partial charge on any atom is -0.508 e. The number of ketones is 1. The number of phenolic OH excluding ortho intramolecular Hbond substituents is 2. The smallest absolute Gasteiger partial charge is 0.178 e. The van der Waals surface area contributed by atoms with Gasteiger partial charge >= 0.3 is 0 Å². The molecule has 3 nitrogen and oxygen atoms in total. The zero-order chi connectivity index (χ0) is 14.5. The Morgan fingerprint density at radius 1 is 0.850 bits per heavy atom. The van der Waals surface area contributed by atoms with Gasteiger partial charge in [0.2, 0.25) is 0 Å². The lowest BCUT2D eigenvalue weighted by molar-refractivity contribution is -0.110. The molecule has 0 aliphatic rings. The van der Waals surface area contributed by atoms with E-state index in [1.165, 1.54) is 12.2 Å². The Labute approximate surface area is 117 Å². The van der Waals surface area contributed by atoms with Crippen LogP contribution in [0, 0.1) is 0 Å². The highest BCUT2D eigenvalue weighted by Crippen LogP contribution is 2.26. The quantitative estimate of drug-likeness (QED) is 0.835. The van der Waals surface area contributed by atoms with E-state index in [1.54, 1.807) is 48.5 Å². The zero-order valence-electron chi connectivity index (χ0n) is 10.8. The Kier molecular flexibility index (Phi) is 4.01. The van der Waals surface area contributed by atoms with Crippen molar-refractivity contribution in [1.82, 2.24) is 0 Å². The Hall–Kier alpha value is -2.81. The fourth-order valence-electron chi connectivity index (χ4n) is 1.82. The molecule has 0 bridgehead atoms. The number of phenols is 2. The minimum absolute atomic E-state index is 0.161. The third-order valence-electron chi connectivity index (χ3n) is 2.84. The van der Waals surface area contributed by atoms with Gasteiger partial charge in [-0.25, -0.2) is 0 Å². The molecule has 0 heterocycles. The van der Waals surface area contributed by atoms with E-state index < -0.39 is 0 Å². The minimum atomic E-state index is -0.207.